The number of nitrogens with one attached hydrogen (secondary N) is 1. The Morgan fingerprint density at radius 3 is 2.87 bits per heavy atom. The van der Waals surface area contributed by atoms with Crippen LogP contribution in [0.25, 0.3) is 10.9 Å². The molecule has 30 heavy (non-hydrogen) atoms. The van der Waals surface area contributed by atoms with Gasteiger partial charge in [0, 0.05) is 57.4 Å². The first-order chi connectivity index (χ1) is 14.5. The smallest absolute Gasteiger partial charge is 0.316 e. The van der Waals surface area contributed by atoms with Gasteiger partial charge in [0.25, 0.3) is 11.5 Å². The van der Waals surface area contributed by atoms with E-state index in [9.17, 15) is 9.59 Å². The van der Waals surface area contributed by atoms with Crippen molar-refractivity contribution >= 4 is 22.8 Å². The molecule has 3 aromatic heterocycles. The lowest BCUT2D eigenvalue weighted by Crippen LogP contribution is -2.42. The molecule has 0 saturated carbocycles. The first kappa shape index (κ1) is 19.7. The van der Waals surface area contributed by atoms with Crippen LogP contribution < -0.4 is 15.2 Å². The maximum absolute atomic E-state index is 12.6. The van der Waals surface area contributed by atoms with Crippen molar-refractivity contribution < 1.29 is 9.53 Å². The first-order valence-electron chi connectivity index (χ1n) is 9.76. The molecule has 1 N–H and O–H groups in total. The monoisotopic (exact) mass is 409 g/mol. The van der Waals surface area contributed by atoms with E-state index in [1.807, 2.05) is 20.2 Å². The van der Waals surface area contributed by atoms with Crippen molar-refractivity contribution in [2.75, 3.05) is 38.7 Å². The molecular formula is C20H23N7O3. The molecule has 1 amide bonds. The predicted molar refractivity (Wildman–Crippen MR) is 111 cm³/mol. The van der Waals surface area contributed by atoms with E-state index in [4.69, 9.17) is 4.74 Å². The highest BCUT2D eigenvalue weighted by Gasteiger charge is 2.26. The summed E-state index contributed by atoms with van der Waals surface area (Å²) in [6, 6.07) is 3.74. The van der Waals surface area contributed by atoms with Gasteiger partial charge in [0.2, 0.25) is 5.95 Å². The normalized spacial score (nSPS) is 16.5. The van der Waals surface area contributed by atoms with Gasteiger partial charge in [0.15, 0.2) is 6.61 Å². The summed E-state index contributed by atoms with van der Waals surface area (Å²) in [6.07, 6.45) is 6.38. The molecule has 1 saturated heterocycles. The maximum Gasteiger partial charge on any atom is 0.316 e. The lowest BCUT2D eigenvalue weighted by molar-refractivity contribution is -0.134. The van der Waals surface area contributed by atoms with Gasteiger partial charge < -0.3 is 19.5 Å². The number of rotatable bonds is 5. The summed E-state index contributed by atoms with van der Waals surface area (Å²) in [6.45, 7) is 1.04. The first-order valence-corrected chi connectivity index (χ1v) is 9.76. The second kappa shape index (κ2) is 8.44. The van der Waals surface area contributed by atoms with Crippen LogP contribution in [0.4, 0.5) is 5.95 Å². The zero-order valence-corrected chi connectivity index (χ0v) is 16.9. The fourth-order valence-electron chi connectivity index (χ4n) is 3.52. The second-order valence-electron chi connectivity index (χ2n) is 7.42. The number of aromatic nitrogens is 5. The minimum atomic E-state index is -0.221. The van der Waals surface area contributed by atoms with Crippen molar-refractivity contribution in [3.63, 3.8) is 0 Å². The molecule has 10 heteroatoms. The molecule has 0 bridgehead atoms. The summed E-state index contributed by atoms with van der Waals surface area (Å²) in [4.78, 5) is 48.2. The molecule has 0 aromatic carbocycles. The molecule has 1 atom stereocenters. The third-order valence-electron chi connectivity index (χ3n) is 5.08. The number of nitrogens with zero attached hydrogens (tertiary/aromatic N) is 6. The minimum absolute atomic E-state index is 0.0190. The fraction of sp³-hybridized carbons (Fsp3) is 0.400. The van der Waals surface area contributed by atoms with Gasteiger partial charge in [-0.15, -0.1) is 0 Å². The molecule has 0 radical (unpaired) electrons. The van der Waals surface area contributed by atoms with E-state index >= 15 is 0 Å². The number of aromatic amines is 1. The van der Waals surface area contributed by atoms with Gasteiger partial charge >= 0.3 is 6.01 Å². The number of ether oxygens (including phenoxy) is 1. The third kappa shape index (κ3) is 4.22. The SMILES string of the molecule is CN(C)c1ncc2c(=O)[nH]c(C3CCCN(C(=O)COc4ncccn4)C3)cc2n1. The summed E-state index contributed by atoms with van der Waals surface area (Å²) < 4.78 is 5.38. The number of likely N-dealkylation sites (tertiary alicyclic amines) is 1. The van der Waals surface area contributed by atoms with Gasteiger partial charge in [0.1, 0.15) is 0 Å². The highest BCUT2D eigenvalue weighted by Crippen LogP contribution is 2.26. The molecule has 4 heterocycles. The van der Waals surface area contributed by atoms with Crippen LogP contribution in [0.15, 0.2) is 35.5 Å². The van der Waals surface area contributed by atoms with Gasteiger partial charge in [-0.1, -0.05) is 0 Å². The average molecular weight is 409 g/mol. The number of hydrogen-bond acceptors (Lipinski definition) is 8. The van der Waals surface area contributed by atoms with Crippen molar-refractivity contribution in [1.82, 2.24) is 29.8 Å². The molecular weight excluding hydrogens is 386 g/mol. The molecule has 1 fully saturated rings. The number of H-pyrrole nitrogens is 1. The van der Waals surface area contributed by atoms with Crippen molar-refractivity contribution in [2.45, 2.75) is 18.8 Å². The van der Waals surface area contributed by atoms with Crippen molar-refractivity contribution in [2.24, 2.45) is 0 Å². The number of pyridine rings is 1. The van der Waals surface area contributed by atoms with E-state index in [1.165, 1.54) is 0 Å². The van der Waals surface area contributed by atoms with E-state index in [1.54, 1.807) is 34.5 Å². The fourth-order valence-corrected chi connectivity index (χ4v) is 3.52. The van der Waals surface area contributed by atoms with E-state index in [-0.39, 0.29) is 30.0 Å². The Morgan fingerprint density at radius 1 is 1.30 bits per heavy atom. The summed E-state index contributed by atoms with van der Waals surface area (Å²) in [5.74, 6) is 0.429. The van der Waals surface area contributed by atoms with Crippen LogP contribution in [0.5, 0.6) is 6.01 Å². The predicted octanol–water partition coefficient (Wildman–Crippen LogP) is 0.959. The van der Waals surface area contributed by atoms with E-state index in [2.05, 4.69) is 24.9 Å². The lowest BCUT2D eigenvalue weighted by atomic mass is 9.94. The van der Waals surface area contributed by atoms with Crippen LogP contribution in [-0.2, 0) is 4.79 Å². The number of anilines is 1. The summed E-state index contributed by atoms with van der Waals surface area (Å²) in [5, 5.41) is 0.448. The number of amides is 1. The molecule has 0 aliphatic carbocycles. The van der Waals surface area contributed by atoms with Gasteiger partial charge in [-0.05, 0) is 25.0 Å². The highest BCUT2D eigenvalue weighted by atomic mass is 16.5. The van der Waals surface area contributed by atoms with Crippen LogP contribution >= 0.6 is 0 Å². The maximum atomic E-state index is 12.6. The molecule has 1 aliphatic heterocycles. The highest BCUT2D eigenvalue weighted by molar-refractivity contribution is 5.79. The van der Waals surface area contributed by atoms with Crippen LogP contribution in [0.3, 0.4) is 0 Å². The number of hydrogen-bond donors (Lipinski definition) is 1. The Kier molecular flexibility index (Phi) is 5.55. The minimum Gasteiger partial charge on any atom is -0.453 e. The van der Waals surface area contributed by atoms with Gasteiger partial charge in [-0.25, -0.2) is 19.9 Å². The summed E-state index contributed by atoms with van der Waals surface area (Å²) >= 11 is 0. The number of fused-ring (bicyclic) bond motifs is 1. The summed E-state index contributed by atoms with van der Waals surface area (Å²) in [5.41, 5.74) is 1.15. The number of piperidine rings is 1. The number of carbonyl (C=O) groups excluding carboxylic acids is 1. The Hall–Kier alpha value is -3.56. The van der Waals surface area contributed by atoms with E-state index < -0.39 is 0 Å². The van der Waals surface area contributed by atoms with E-state index in [0.717, 1.165) is 18.5 Å². The molecule has 3 aromatic rings. The molecule has 156 valence electrons. The van der Waals surface area contributed by atoms with Crippen LogP contribution in [-0.4, -0.2) is 69.5 Å². The Balaban J connectivity index is 1.50. The van der Waals surface area contributed by atoms with Crippen LogP contribution in [0, 0.1) is 0 Å². The Bertz CT molecular complexity index is 1100. The van der Waals surface area contributed by atoms with Crippen LogP contribution in [0.1, 0.15) is 24.5 Å². The zero-order valence-electron chi connectivity index (χ0n) is 16.9. The topological polar surface area (TPSA) is 117 Å². The van der Waals surface area contributed by atoms with E-state index in [0.29, 0.717) is 29.9 Å². The molecule has 0 spiro atoms. The van der Waals surface area contributed by atoms with Crippen molar-refractivity contribution in [3.05, 3.63) is 46.8 Å². The average Bonchev–Trinajstić information content (AvgIpc) is 2.77. The third-order valence-corrected chi connectivity index (χ3v) is 5.08. The molecule has 1 unspecified atom stereocenters. The molecule has 1 aliphatic rings. The molecule has 4 rings (SSSR count). The number of carbonyl (C=O) groups is 1. The largest absolute Gasteiger partial charge is 0.453 e. The van der Waals surface area contributed by atoms with Gasteiger partial charge in [-0.2, -0.15) is 0 Å². The van der Waals surface area contributed by atoms with Gasteiger partial charge in [0.05, 0.1) is 10.9 Å². The van der Waals surface area contributed by atoms with Crippen molar-refractivity contribution in [3.8, 4) is 6.01 Å². The summed E-state index contributed by atoms with van der Waals surface area (Å²) in [7, 11) is 3.70. The quantitative estimate of drug-likeness (QED) is 0.662. The standard InChI is InChI=1S/C20H23N7O3/c1-26(2)19-23-10-14-16(25-19)9-15(24-18(14)29)13-5-3-8-27(11-13)17(28)12-30-20-21-6-4-7-22-20/h4,6-7,9-10,13H,3,5,8,11-12H2,1-2H3,(H,24,29). The molecule has 10 nitrogen and oxygen atoms in total. The second-order valence-corrected chi connectivity index (χ2v) is 7.42. The Morgan fingerprint density at radius 2 is 2.10 bits per heavy atom. The Labute approximate surface area is 173 Å². The lowest BCUT2D eigenvalue weighted by Gasteiger charge is -2.32. The van der Waals surface area contributed by atoms with Crippen LogP contribution in [0.2, 0.25) is 0 Å². The zero-order chi connectivity index (χ0) is 21.1. The van der Waals surface area contributed by atoms with Gasteiger partial charge in [-0.3, -0.25) is 9.59 Å². The van der Waals surface area contributed by atoms with Crippen molar-refractivity contribution in [1.29, 1.82) is 0 Å².